The van der Waals surface area contributed by atoms with Gasteiger partial charge in [-0.15, -0.1) is 0 Å². The first-order valence-electron chi connectivity index (χ1n) is 9.02. The van der Waals surface area contributed by atoms with E-state index in [4.69, 9.17) is 0 Å². The summed E-state index contributed by atoms with van der Waals surface area (Å²) in [5.74, 6) is -0.256. The lowest BCUT2D eigenvalue weighted by Crippen LogP contribution is -2.28. The normalized spacial score (nSPS) is 10.8. The molecule has 2 aromatic carbocycles. The van der Waals surface area contributed by atoms with Gasteiger partial charge in [0, 0.05) is 24.0 Å². The number of nitrogens with one attached hydrogen (secondary N) is 2. The third kappa shape index (κ3) is 3.57. The molecule has 2 N–H and O–H groups in total. The SMILES string of the molecule is CCNC(=O)Nc1cccc(-c2cnc3cc(-c4ccc(F)cc4)ccn23)c1. The molecule has 2 heterocycles. The van der Waals surface area contributed by atoms with E-state index in [1.807, 2.05) is 53.9 Å². The zero-order valence-electron chi connectivity index (χ0n) is 15.3. The summed E-state index contributed by atoms with van der Waals surface area (Å²) in [7, 11) is 0. The highest BCUT2D eigenvalue weighted by molar-refractivity contribution is 5.90. The van der Waals surface area contributed by atoms with E-state index >= 15 is 0 Å². The Morgan fingerprint density at radius 2 is 1.86 bits per heavy atom. The molecule has 0 unspecified atom stereocenters. The fourth-order valence-corrected chi connectivity index (χ4v) is 3.11. The Hall–Kier alpha value is -3.67. The Morgan fingerprint density at radius 3 is 2.64 bits per heavy atom. The number of fused-ring (bicyclic) bond motifs is 1. The molecule has 0 atom stereocenters. The van der Waals surface area contributed by atoms with E-state index in [1.54, 1.807) is 18.3 Å². The van der Waals surface area contributed by atoms with Gasteiger partial charge in [0.1, 0.15) is 11.5 Å². The van der Waals surface area contributed by atoms with Crippen molar-refractivity contribution in [1.29, 1.82) is 0 Å². The van der Waals surface area contributed by atoms with Crippen molar-refractivity contribution in [1.82, 2.24) is 14.7 Å². The molecule has 28 heavy (non-hydrogen) atoms. The first kappa shape index (κ1) is 17.7. The molecule has 140 valence electrons. The van der Waals surface area contributed by atoms with Crippen molar-refractivity contribution in [2.45, 2.75) is 6.92 Å². The van der Waals surface area contributed by atoms with E-state index in [9.17, 15) is 9.18 Å². The van der Waals surface area contributed by atoms with Gasteiger partial charge in [0.05, 0.1) is 11.9 Å². The zero-order chi connectivity index (χ0) is 19.5. The Kier molecular flexibility index (Phi) is 4.76. The fraction of sp³-hybridized carbons (Fsp3) is 0.0909. The van der Waals surface area contributed by atoms with Gasteiger partial charge in [-0.25, -0.2) is 14.2 Å². The van der Waals surface area contributed by atoms with Crippen molar-refractivity contribution in [2.24, 2.45) is 0 Å². The molecule has 2 aromatic heterocycles. The summed E-state index contributed by atoms with van der Waals surface area (Å²) in [5.41, 5.74) is 5.26. The molecule has 0 fully saturated rings. The average molecular weight is 374 g/mol. The standard InChI is InChI=1S/C22H19FN4O/c1-2-24-22(28)26-19-5-3-4-17(12-19)20-14-25-21-13-16(10-11-27(20)21)15-6-8-18(23)9-7-15/h3-14H,2H2,1H3,(H2,24,26,28). The molecule has 0 spiro atoms. The van der Waals surface area contributed by atoms with E-state index < -0.39 is 0 Å². The zero-order valence-corrected chi connectivity index (χ0v) is 15.3. The number of urea groups is 1. The summed E-state index contributed by atoms with van der Waals surface area (Å²) >= 11 is 0. The number of aromatic nitrogens is 2. The van der Waals surface area contributed by atoms with Crippen LogP contribution >= 0.6 is 0 Å². The highest BCUT2D eigenvalue weighted by Gasteiger charge is 2.09. The van der Waals surface area contributed by atoms with Crippen LogP contribution in [-0.4, -0.2) is 22.0 Å². The van der Waals surface area contributed by atoms with E-state index in [0.717, 1.165) is 28.0 Å². The Balaban J connectivity index is 1.66. The minimum absolute atomic E-state index is 0.235. The van der Waals surface area contributed by atoms with Crippen LogP contribution in [0, 0.1) is 5.82 Å². The van der Waals surface area contributed by atoms with Gasteiger partial charge in [-0.1, -0.05) is 24.3 Å². The number of halogens is 1. The third-order valence-electron chi connectivity index (χ3n) is 4.44. The molecule has 5 nitrogen and oxygen atoms in total. The maximum absolute atomic E-state index is 13.2. The molecule has 0 bridgehead atoms. The van der Waals surface area contributed by atoms with E-state index in [1.165, 1.54) is 12.1 Å². The monoisotopic (exact) mass is 374 g/mol. The summed E-state index contributed by atoms with van der Waals surface area (Å²) in [5, 5.41) is 5.53. The molecule has 0 radical (unpaired) electrons. The second kappa shape index (κ2) is 7.52. The van der Waals surface area contributed by atoms with Crippen LogP contribution < -0.4 is 10.6 Å². The Labute approximate surface area is 161 Å². The van der Waals surface area contributed by atoms with Crippen molar-refractivity contribution < 1.29 is 9.18 Å². The number of rotatable bonds is 4. The number of amides is 2. The van der Waals surface area contributed by atoms with Crippen molar-refractivity contribution in [3.8, 4) is 22.4 Å². The van der Waals surface area contributed by atoms with Crippen LogP contribution in [0.1, 0.15) is 6.92 Å². The third-order valence-corrected chi connectivity index (χ3v) is 4.44. The summed E-state index contributed by atoms with van der Waals surface area (Å²) < 4.78 is 15.1. The summed E-state index contributed by atoms with van der Waals surface area (Å²) in [6.07, 6.45) is 3.75. The predicted molar refractivity (Wildman–Crippen MR) is 109 cm³/mol. The first-order chi connectivity index (χ1) is 13.6. The minimum atomic E-state index is -0.256. The maximum atomic E-state index is 13.2. The van der Waals surface area contributed by atoms with Crippen molar-refractivity contribution in [3.63, 3.8) is 0 Å². The topological polar surface area (TPSA) is 58.4 Å². The number of nitrogens with zero attached hydrogens (tertiary/aromatic N) is 2. The van der Waals surface area contributed by atoms with Crippen LogP contribution in [0.25, 0.3) is 28.0 Å². The molecule has 2 amide bonds. The van der Waals surface area contributed by atoms with E-state index in [0.29, 0.717) is 12.2 Å². The van der Waals surface area contributed by atoms with Gasteiger partial charge in [-0.3, -0.25) is 4.40 Å². The van der Waals surface area contributed by atoms with E-state index in [2.05, 4.69) is 15.6 Å². The quantitative estimate of drug-likeness (QED) is 0.531. The van der Waals surface area contributed by atoms with Crippen molar-refractivity contribution in [3.05, 3.63) is 78.9 Å². The molecule has 6 heteroatoms. The minimum Gasteiger partial charge on any atom is -0.338 e. The number of benzene rings is 2. The van der Waals surface area contributed by atoms with Crippen LogP contribution in [0.15, 0.2) is 73.1 Å². The molecule has 0 aliphatic rings. The largest absolute Gasteiger partial charge is 0.338 e. The first-order valence-corrected chi connectivity index (χ1v) is 9.02. The molecular weight excluding hydrogens is 355 g/mol. The highest BCUT2D eigenvalue weighted by Crippen LogP contribution is 2.27. The molecule has 0 saturated carbocycles. The number of hydrogen-bond acceptors (Lipinski definition) is 2. The molecule has 4 aromatic rings. The van der Waals surface area contributed by atoms with Gasteiger partial charge < -0.3 is 10.6 Å². The number of anilines is 1. The maximum Gasteiger partial charge on any atom is 0.319 e. The molecule has 0 aliphatic heterocycles. The van der Waals surface area contributed by atoms with Crippen LogP contribution in [0.3, 0.4) is 0 Å². The van der Waals surface area contributed by atoms with Gasteiger partial charge in [-0.05, 0) is 54.4 Å². The van der Waals surface area contributed by atoms with Crippen molar-refractivity contribution in [2.75, 3.05) is 11.9 Å². The van der Waals surface area contributed by atoms with Gasteiger partial charge in [0.2, 0.25) is 0 Å². The predicted octanol–water partition coefficient (Wildman–Crippen LogP) is 4.95. The Morgan fingerprint density at radius 1 is 1.04 bits per heavy atom. The molecular formula is C22H19FN4O. The second-order valence-corrected chi connectivity index (χ2v) is 6.36. The van der Waals surface area contributed by atoms with Gasteiger partial charge >= 0.3 is 6.03 Å². The van der Waals surface area contributed by atoms with Crippen LogP contribution in [-0.2, 0) is 0 Å². The smallest absolute Gasteiger partial charge is 0.319 e. The highest BCUT2D eigenvalue weighted by atomic mass is 19.1. The number of hydrogen-bond donors (Lipinski definition) is 2. The van der Waals surface area contributed by atoms with Crippen LogP contribution in [0.2, 0.25) is 0 Å². The summed E-state index contributed by atoms with van der Waals surface area (Å²) in [6, 6.07) is 17.7. The Bertz CT molecular complexity index is 1130. The lowest BCUT2D eigenvalue weighted by atomic mass is 10.1. The summed E-state index contributed by atoms with van der Waals surface area (Å²) in [6.45, 7) is 2.43. The average Bonchev–Trinajstić information content (AvgIpc) is 3.12. The molecule has 0 aliphatic carbocycles. The molecule has 4 rings (SSSR count). The summed E-state index contributed by atoms with van der Waals surface area (Å²) in [4.78, 5) is 16.3. The fourth-order valence-electron chi connectivity index (χ4n) is 3.11. The van der Waals surface area contributed by atoms with Gasteiger partial charge in [0.15, 0.2) is 0 Å². The van der Waals surface area contributed by atoms with Gasteiger partial charge in [-0.2, -0.15) is 0 Å². The van der Waals surface area contributed by atoms with E-state index in [-0.39, 0.29) is 11.8 Å². The van der Waals surface area contributed by atoms with Crippen LogP contribution in [0.5, 0.6) is 0 Å². The lowest BCUT2D eigenvalue weighted by Gasteiger charge is -2.08. The second-order valence-electron chi connectivity index (χ2n) is 6.36. The number of imidazole rings is 1. The number of carbonyl (C=O) groups is 1. The lowest BCUT2D eigenvalue weighted by molar-refractivity contribution is 0.252. The number of pyridine rings is 1. The van der Waals surface area contributed by atoms with Crippen LogP contribution in [0.4, 0.5) is 14.9 Å². The number of carbonyl (C=O) groups excluding carboxylic acids is 1. The molecule has 0 saturated heterocycles. The van der Waals surface area contributed by atoms with Gasteiger partial charge in [0.25, 0.3) is 0 Å². The van der Waals surface area contributed by atoms with Crippen molar-refractivity contribution >= 4 is 17.4 Å².